The number of halogens is 1. The highest BCUT2D eigenvalue weighted by Gasteiger charge is 2.37. The second-order valence-electron chi connectivity index (χ2n) is 3.75. The molecule has 1 aliphatic heterocycles. The Morgan fingerprint density at radius 2 is 2.24 bits per heavy atom. The van der Waals surface area contributed by atoms with E-state index in [0.29, 0.717) is 0 Å². The first-order chi connectivity index (χ1) is 7.88. The summed E-state index contributed by atoms with van der Waals surface area (Å²) in [6, 6.07) is 2.21. The van der Waals surface area contributed by atoms with Crippen LogP contribution in [0.15, 0.2) is 18.3 Å². The summed E-state index contributed by atoms with van der Waals surface area (Å²) in [5.41, 5.74) is 0. The second kappa shape index (κ2) is 4.04. The van der Waals surface area contributed by atoms with Crippen LogP contribution in [0.25, 0.3) is 0 Å². The third-order valence-corrected chi connectivity index (χ3v) is 3.78. The van der Waals surface area contributed by atoms with E-state index in [-0.39, 0.29) is 18.8 Å². The molecule has 1 amide bonds. The molecule has 1 fully saturated rings. The smallest absolute Gasteiger partial charge is 0.229 e. The van der Waals surface area contributed by atoms with Crippen molar-refractivity contribution in [1.29, 1.82) is 0 Å². The van der Waals surface area contributed by atoms with Gasteiger partial charge < -0.3 is 0 Å². The minimum absolute atomic E-state index is 0.0892. The van der Waals surface area contributed by atoms with E-state index in [1.807, 2.05) is 0 Å². The first-order valence-electron chi connectivity index (χ1n) is 4.81. The van der Waals surface area contributed by atoms with Crippen molar-refractivity contribution in [3.05, 3.63) is 24.1 Å². The minimum atomic E-state index is -3.77. The quantitative estimate of drug-likeness (QED) is 0.783. The minimum Gasteiger partial charge on any atom is -0.295 e. The van der Waals surface area contributed by atoms with E-state index in [1.165, 1.54) is 6.20 Å². The van der Waals surface area contributed by atoms with Crippen molar-refractivity contribution >= 4 is 21.7 Å². The van der Waals surface area contributed by atoms with Gasteiger partial charge in [0.2, 0.25) is 15.9 Å². The standard InChI is InChI=1S/C9H10FN3O3S/c10-6-1-2-12-8(3-6)13-5-7(4-9(13)14)17(11,15)16/h1-3,7H,4-5H2,(H2,11,15,16). The van der Waals surface area contributed by atoms with Crippen molar-refractivity contribution < 1.29 is 17.6 Å². The van der Waals surface area contributed by atoms with Crippen LogP contribution in [-0.2, 0) is 14.8 Å². The average molecular weight is 259 g/mol. The molecule has 8 heteroatoms. The van der Waals surface area contributed by atoms with Gasteiger partial charge in [0, 0.05) is 25.2 Å². The third kappa shape index (κ3) is 2.42. The van der Waals surface area contributed by atoms with E-state index in [1.54, 1.807) is 0 Å². The molecule has 0 aliphatic carbocycles. The SMILES string of the molecule is NS(=O)(=O)C1CC(=O)N(c2cc(F)ccn2)C1. The summed E-state index contributed by atoms with van der Waals surface area (Å²) in [5, 5.41) is 4.01. The highest BCUT2D eigenvalue weighted by Crippen LogP contribution is 2.22. The van der Waals surface area contributed by atoms with E-state index < -0.39 is 27.0 Å². The normalized spacial score (nSPS) is 20.9. The second-order valence-corrected chi connectivity index (χ2v) is 5.60. The average Bonchev–Trinajstić information content (AvgIpc) is 2.60. The molecule has 2 N–H and O–H groups in total. The van der Waals surface area contributed by atoms with E-state index in [2.05, 4.69) is 4.98 Å². The summed E-state index contributed by atoms with van der Waals surface area (Å²) in [4.78, 5) is 16.5. The Kier molecular flexibility index (Phi) is 2.84. The fraction of sp³-hybridized carbons (Fsp3) is 0.333. The van der Waals surface area contributed by atoms with Crippen LogP contribution >= 0.6 is 0 Å². The maximum absolute atomic E-state index is 13.0. The molecule has 2 heterocycles. The predicted octanol–water partition coefficient (Wildman–Crippen LogP) is -0.385. The lowest BCUT2D eigenvalue weighted by atomic mass is 10.4. The molecule has 1 aromatic heterocycles. The van der Waals surface area contributed by atoms with Crippen LogP contribution in [-0.4, -0.2) is 31.1 Å². The van der Waals surface area contributed by atoms with Crippen LogP contribution in [0.1, 0.15) is 6.42 Å². The zero-order chi connectivity index (χ0) is 12.6. The van der Waals surface area contributed by atoms with Gasteiger partial charge in [-0.1, -0.05) is 0 Å². The molecule has 1 atom stereocenters. The Labute approximate surface area is 97.3 Å². The fourth-order valence-electron chi connectivity index (χ4n) is 1.66. The number of hydrogen-bond donors (Lipinski definition) is 1. The maximum atomic E-state index is 13.0. The van der Waals surface area contributed by atoms with Gasteiger partial charge >= 0.3 is 0 Å². The first kappa shape index (κ1) is 11.9. The summed E-state index contributed by atoms with van der Waals surface area (Å²) < 4.78 is 35.2. The predicted molar refractivity (Wildman–Crippen MR) is 58.1 cm³/mol. The molecule has 0 bridgehead atoms. The van der Waals surface area contributed by atoms with Crippen LogP contribution < -0.4 is 10.0 Å². The molecule has 92 valence electrons. The number of pyridine rings is 1. The Morgan fingerprint density at radius 3 is 2.76 bits per heavy atom. The van der Waals surface area contributed by atoms with Gasteiger partial charge in [0.05, 0.1) is 0 Å². The number of carbonyl (C=O) groups excluding carboxylic acids is 1. The number of amides is 1. The zero-order valence-corrected chi connectivity index (χ0v) is 9.52. The van der Waals surface area contributed by atoms with Gasteiger partial charge in [-0.15, -0.1) is 0 Å². The van der Waals surface area contributed by atoms with Gasteiger partial charge in [-0.2, -0.15) is 0 Å². The van der Waals surface area contributed by atoms with Crippen LogP contribution in [0.4, 0.5) is 10.2 Å². The summed E-state index contributed by atoms with van der Waals surface area (Å²) >= 11 is 0. The van der Waals surface area contributed by atoms with Crippen molar-refractivity contribution in [2.24, 2.45) is 5.14 Å². The number of anilines is 1. The van der Waals surface area contributed by atoms with Crippen LogP contribution in [0, 0.1) is 5.82 Å². The molecule has 2 rings (SSSR count). The largest absolute Gasteiger partial charge is 0.295 e. The van der Waals surface area contributed by atoms with Crippen molar-refractivity contribution in [2.75, 3.05) is 11.4 Å². The molecule has 0 radical (unpaired) electrons. The molecule has 1 aliphatic rings. The molecule has 1 saturated heterocycles. The first-order valence-corrected chi connectivity index (χ1v) is 6.42. The molecular weight excluding hydrogens is 249 g/mol. The van der Waals surface area contributed by atoms with Gasteiger partial charge in [-0.25, -0.2) is 22.9 Å². The Morgan fingerprint density at radius 1 is 1.53 bits per heavy atom. The van der Waals surface area contributed by atoms with E-state index in [0.717, 1.165) is 17.0 Å². The fourth-order valence-corrected chi connectivity index (χ4v) is 2.39. The lowest BCUT2D eigenvalue weighted by molar-refractivity contribution is -0.117. The Hall–Kier alpha value is -1.54. The summed E-state index contributed by atoms with van der Waals surface area (Å²) in [6.07, 6.45) is 1.01. The molecule has 0 saturated carbocycles. The van der Waals surface area contributed by atoms with Gasteiger partial charge in [-0.3, -0.25) is 9.69 Å². The van der Waals surface area contributed by atoms with E-state index in [9.17, 15) is 17.6 Å². The molecule has 6 nitrogen and oxygen atoms in total. The summed E-state index contributed by atoms with van der Waals surface area (Å²) in [6.45, 7) is -0.0892. The van der Waals surface area contributed by atoms with Crippen LogP contribution in [0.3, 0.4) is 0 Å². The van der Waals surface area contributed by atoms with Crippen LogP contribution in [0.5, 0.6) is 0 Å². The van der Waals surface area contributed by atoms with Crippen molar-refractivity contribution in [2.45, 2.75) is 11.7 Å². The number of nitrogens with zero attached hydrogens (tertiary/aromatic N) is 2. The lowest BCUT2D eigenvalue weighted by Gasteiger charge is -2.14. The number of hydrogen-bond acceptors (Lipinski definition) is 4. The van der Waals surface area contributed by atoms with Gasteiger partial charge in [0.1, 0.15) is 16.9 Å². The molecule has 0 aromatic carbocycles. The van der Waals surface area contributed by atoms with Crippen LogP contribution in [0.2, 0.25) is 0 Å². The highest BCUT2D eigenvalue weighted by atomic mass is 32.2. The molecule has 17 heavy (non-hydrogen) atoms. The number of nitrogens with two attached hydrogens (primary N) is 1. The molecule has 1 aromatic rings. The van der Waals surface area contributed by atoms with Gasteiger partial charge in [0.15, 0.2) is 0 Å². The number of aromatic nitrogens is 1. The van der Waals surface area contributed by atoms with E-state index >= 15 is 0 Å². The van der Waals surface area contributed by atoms with E-state index in [4.69, 9.17) is 5.14 Å². The van der Waals surface area contributed by atoms with Crippen molar-refractivity contribution in [1.82, 2.24) is 4.98 Å². The molecule has 1 unspecified atom stereocenters. The topological polar surface area (TPSA) is 93.4 Å². The highest BCUT2D eigenvalue weighted by molar-refractivity contribution is 7.89. The number of rotatable bonds is 2. The number of sulfonamides is 1. The summed E-state index contributed by atoms with van der Waals surface area (Å²) in [5.74, 6) is -0.870. The maximum Gasteiger partial charge on any atom is 0.229 e. The van der Waals surface area contributed by atoms with Crippen molar-refractivity contribution in [3.8, 4) is 0 Å². The zero-order valence-electron chi connectivity index (χ0n) is 8.71. The summed E-state index contributed by atoms with van der Waals surface area (Å²) in [7, 11) is -3.77. The van der Waals surface area contributed by atoms with Crippen molar-refractivity contribution in [3.63, 3.8) is 0 Å². The van der Waals surface area contributed by atoms with Gasteiger partial charge in [-0.05, 0) is 6.07 Å². The third-order valence-electron chi connectivity index (χ3n) is 2.54. The monoisotopic (exact) mass is 259 g/mol. The Balaban J connectivity index is 2.28. The van der Waals surface area contributed by atoms with Gasteiger partial charge in [0.25, 0.3) is 0 Å². The number of primary sulfonamides is 1. The lowest BCUT2D eigenvalue weighted by Crippen LogP contribution is -2.32. The number of carbonyl (C=O) groups is 1. The molecule has 0 spiro atoms. The molecular formula is C9H10FN3O3S. The Bertz CT molecular complexity index is 560.